The summed E-state index contributed by atoms with van der Waals surface area (Å²) in [6, 6.07) is 13.3. The van der Waals surface area contributed by atoms with Gasteiger partial charge in [-0.15, -0.1) is 0 Å². The second-order valence-electron chi connectivity index (χ2n) is 7.03. The molecular weight excluding hydrogens is 334 g/mol. The van der Waals surface area contributed by atoms with Crippen LogP contribution in [0.4, 0.5) is 0 Å². The summed E-state index contributed by atoms with van der Waals surface area (Å²) in [7, 11) is 1.97. The first-order valence-corrected chi connectivity index (χ1v) is 8.64. The SMILES string of the molecule is Cc1nc2cc(C(=O)NC(C)(C)Cc3ccccc3Cl)ccc2n1C. The zero-order valence-electron chi connectivity index (χ0n) is 14.9. The summed E-state index contributed by atoms with van der Waals surface area (Å²) < 4.78 is 2.01. The van der Waals surface area contributed by atoms with Crippen LogP contribution in [0.1, 0.15) is 35.6 Å². The molecule has 0 saturated heterocycles. The molecule has 2 aromatic carbocycles. The van der Waals surface area contributed by atoms with E-state index >= 15 is 0 Å². The Morgan fingerprint density at radius 1 is 1.24 bits per heavy atom. The van der Waals surface area contributed by atoms with Crippen LogP contribution in [-0.2, 0) is 13.5 Å². The number of imidazole rings is 1. The minimum atomic E-state index is -0.420. The molecule has 0 bridgehead atoms. The van der Waals surface area contributed by atoms with Gasteiger partial charge in [0, 0.05) is 23.2 Å². The lowest BCUT2D eigenvalue weighted by molar-refractivity contribution is 0.0913. The van der Waals surface area contributed by atoms with E-state index < -0.39 is 5.54 Å². The molecule has 0 atom stereocenters. The predicted molar refractivity (Wildman–Crippen MR) is 102 cm³/mol. The number of hydrogen-bond donors (Lipinski definition) is 1. The molecule has 0 radical (unpaired) electrons. The summed E-state index contributed by atoms with van der Waals surface area (Å²) in [4.78, 5) is 17.2. The van der Waals surface area contributed by atoms with Gasteiger partial charge in [-0.1, -0.05) is 29.8 Å². The van der Waals surface area contributed by atoms with Gasteiger partial charge in [0.15, 0.2) is 0 Å². The van der Waals surface area contributed by atoms with E-state index in [4.69, 9.17) is 11.6 Å². The Morgan fingerprint density at radius 3 is 2.68 bits per heavy atom. The molecule has 130 valence electrons. The topological polar surface area (TPSA) is 46.9 Å². The van der Waals surface area contributed by atoms with Crippen molar-refractivity contribution in [1.82, 2.24) is 14.9 Å². The second kappa shape index (κ2) is 6.52. The predicted octanol–water partition coefficient (Wildman–Crippen LogP) is 4.29. The number of aryl methyl sites for hydroxylation is 2. The molecule has 4 nitrogen and oxygen atoms in total. The van der Waals surface area contributed by atoms with Gasteiger partial charge in [-0.25, -0.2) is 4.98 Å². The van der Waals surface area contributed by atoms with E-state index in [9.17, 15) is 4.79 Å². The number of carbonyl (C=O) groups excluding carboxylic acids is 1. The normalized spacial score (nSPS) is 11.7. The standard InChI is InChI=1S/C20H22ClN3O/c1-13-22-17-11-14(9-10-18(17)24(13)4)19(25)23-20(2,3)12-15-7-5-6-8-16(15)21/h5-11H,12H2,1-4H3,(H,23,25). The minimum Gasteiger partial charge on any atom is -0.347 e. The lowest BCUT2D eigenvalue weighted by atomic mass is 9.94. The zero-order valence-corrected chi connectivity index (χ0v) is 15.7. The van der Waals surface area contributed by atoms with Gasteiger partial charge >= 0.3 is 0 Å². The first-order chi connectivity index (χ1) is 11.8. The Kier molecular flexibility index (Phi) is 4.56. The first-order valence-electron chi connectivity index (χ1n) is 8.26. The highest BCUT2D eigenvalue weighted by Crippen LogP contribution is 2.22. The van der Waals surface area contributed by atoms with Crippen LogP contribution in [0.5, 0.6) is 0 Å². The highest BCUT2D eigenvalue weighted by molar-refractivity contribution is 6.31. The van der Waals surface area contributed by atoms with Gasteiger partial charge < -0.3 is 9.88 Å². The van der Waals surface area contributed by atoms with Crippen molar-refractivity contribution >= 4 is 28.5 Å². The summed E-state index contributed by atoms with van der Waals surface area (Å²) in [6.07, 6.45) is 0.656. The Hall–Kier alpha value is -2.33. The molecule has 1 N–H and O–H groups in total. The number of amides is 1. The van der Waals surface area contributed by atoms with Crippen molar-refractivity contribution in [1.29, 1.82) is 0 Å². The monoisotopic (exact) mass is 355 g/mol. The van der Waals surface area contributed by atoms with Crippen molar-refractivity contribution < 1.29 is 4.79 Å². The molecule has 3 rings (SSSR count). The van der Waals surface area contributed by atoms with Gasteiger partial charge in [-0.3, -0.25) is 4.79 Å². The van der Waals surface area contributed by atoms with Crippen LogP contribution in [-0.4, -0.2) is 21.0 Å². The summed E-state index contributed by atoms with van der Waals surface area (Å²) in [5.74, 6) is 0.814. The van der Waals surface area contributed by atoms with Crippen molar-refractivity contribution in [2.75, 3.05) is 0 Å². The Morgan fingerprint density at radius 2 is 1.96 bits per heavy atom. The molecule has 0 aliphatic carbocycles. The number of benzene rings is 2. The second-order valence-corrected chi connectivity index (χ2v) is 7.43. The van der Waals surface area contributed by atoms with E-state index in [1.807, 2.05) is 74.9 Å². The van der Waals surface area contributed by atoms with Crippen molar-refractivity contribution in [2.24, 2.45) is 7.05 Å². The van der Waals surface area contributed by atoms with Crippen LogP contribution in [0, 0.1) is 6.92 Å². The highest BCUT2D eigenvalue weighted by Gasteiger charge is 2.23. The fourth-order valence-electron chi connectivity index (χ4n) is 3.00. The largest absolute Gasteiger partial charge is 0.347 e. The Balaban J connectivity index is 1.80. The van der Waals surface area contributed by atoms with Gasteiger partial charge in [0.2, 0.25) is 0 Å². The minimum absolute atomic E-state index is 0.109. The van der Waals surface area contributed by atoms with Crippen molar-refractivity contribution in [3.63, 3.8) is 0 Å². The number of rotatable bonds is 4. The molecule has 3 aromatic rings. The molecule has 0 spiro atoms. The molecule has 0 saturated carbocycles. The number of carbonyl (C=O) groups is 1. The molecule has 1 amide bonds. The maximum atomic E-state index is 12.7. The molecule has 1 aromatic heterocycles. The van der Waals surface area contributed by atoms with Gasteiger partial charge in [0.05, 0.1) is 11.0 Å². The van der Waals surface area contributed by atoms with E-state index in [2.05, 4.69) is 10.3 Å². The van der Waals surface area contributed by atoms with Crippen molar-refractivity contribution in [3.05, 3.63) is 64.4 Å². The lowest BCUT2D eigenvalue weighted by Gasteiger charge is -2.27. The smallest absolute Gasteiger partial charge is 0.251 e. The molecule has 0 aliphatic heterocycles. The fourth-order valence-corrected chi connectivity index (χ4v) is 3.21. The molecule has 5 heteroatoms. The summed E-state index contributed by atoms with van der Waals surface area (Å²) >= 11 is 6.24. The van der Waals surface area contributed by atoms with Crippen LogP contribution in [0.3, 0.4) is 0 Å². The van der Waals surface area contributed by atoms with Crippen LogP contribution in [0.25, 0.3) is 11.0 Å². The highest BCUT2D eigenvalue weighted by atomic mass is 35.5. The van der Waals surface area contributed by atoms with Crippen LogP contribution < -0.4 is 5.32 Å². The maximum Gasteiger partial charge on any atom is 0.251 e. The zero-order chi connectivity index (χ0) is 18.2. The quantitative estimate of drug-likeness (QED) is 0.759. The van der Waals surface area contributed by atoms with Gasteiger partial charge in [0.25, 0.3) is 5.91 Å². The number of nitrogens with one attached hydrogen (secondary N) is 1. The third-order valence-electron chi connectivity index (χ3n) is 4.41. The average molecular weight is 356 g/mol. The number of nitrogens with zero attached hydrogens (tertiary/aromatic N) is 2. The molecule has 25 heavy (non-hydrogen) atoms. The van der Waals surface area contributed by atoms with Crippen molar-refractivity contribution in [3.8, 4) is 0 Å². The Labute approximate surface area is 152 Å². The molecule has 1 heterocycles. The Bertz CT molecular complexity index is 943. The van der Waals surface area contributed by atoms with E-state index in [1.54, 1.807) is 0 Å². The van der Waals surface area contributed by atoms with Crippen LogP contribution in [0.2, 0.25) is 5.02 Å². The lowest BCUT2D eigenvalue weighted by Crippen LogP contribution is -2.45. The molecular formula is C20H22ClN3O. The number of aromatic nitrogens is 2. The average Bonchev–Trinajstić information content (AvgIpc) is 2.83. The van der Waals surface area contributed by atoms with Crippen molar-refractivity contribution in [2.45, 2.75) is 32.7 Å². The first kappa shape index (κ1) is 17.5. The number of fused-ring (bicyclic) bond motifs is 1. The molecule has 0 fully saturated rings. The van der Waals surface area contributed by atoms with Gasteiger partial charge in [-0.05, 0) is 57.0 Å². The fraction of sp³-hybridized carbons (Fsp3) is 0.300. The number of halogens is 1. The van der Waals surface area contributed by atoms with Crippen LogP contribution in [0.15, 0.2) is 42.5 Å². The van der Waals surface area contributed by atoms with E-state index in [0.29, 0.717) is 12.0 Å². The van der Waals surface area contributed by atoms with E-state index in [1.165, 1.54) is 0 Å². The summed E-state index contributed by atoms with van der Waals surface area (Å²) in [6.45, 7) is 5.95. The van der Waals surface area contributed by atoms with Gasteiger partial charge in [-0.2, -0.15) is 0 Å². The number of hydrogen-bond acceptors (Lipinski definition) is 2. The maximum absolute atomic E-state index is 12.7. The van der Waals surface area contributed by atoms with Crippen LogP contribution >= 0.6 is 11.6 Å². The summed E-state index contributed by atoms with van der Waals surface area (Å²) in [5, 5.41) is 3.82. The van der Waals surface area contributed by atoms with E-state index in [-0.39, 0.29) is 5.91 Å². The molecule has 0 aliphatic rings. The molecule has 0 unspecified atom stereocenters. The van der Waals surface area contributed by atoms with Gasteiger partial charge in [0.1, 0.15) is 5.82 Å². The third kappa shape index (κ3) is 3.69. The third-order valence-corrected chi connectivity index (χ3v) is 4.78. The van der Waals surface area contributed by atoms with E-state index in [0.717, 1.165) is 27.4 Å². The summed E-state index contributed by atoms with van der Waals surface area (Å²) in [5.41, 5.74) is 3.06.